The lowest BCUT2D eigenvalue weighted by atomic mass is 10.0. The molecule has 0 saturated carbocycles. The van der Waals surface area contributed by atoms with Gasteiger partial charge in [-0.1, -0.05) is 12.1 Å². The van der Waals surface area contributed by atoms with Gasteiger partial charge in [-0.2, -0.15) is 0 Å². The van der Waals surface area contributed by atoms with E-state index >= 15 is 0 Å². The fraction of sp³-hybridized carbons (Fsp3) is 0.545. The summed E-state index contributed by atoms with van der Waals surface area (Å²) in [6.45, 7) is 7.60. The molecule has 1 aromatic carbocycles. The number of carbonyl (C=O) groups is 4. The van der Waals surface area contributed by atoms with E-state index in [4.69, 9.17) is 10.5 Å². The monoisotopic (exact) mass is 466 g/mol. The Bertz CT molecular complexity index is 834. The molecule has 2 unspecified atom stereocenters. The summed E-state index contributed by atoms with van der Waals surface area (Å²) < 4.78 is 5.17. The van der Waals surface area contributed by atoms with E-state index in [1.54, 1.807) is 34.6 Å². The molecule has 0 saturated heterocycles. The number of ether oxygens (including phenoxy) is 1. The summed E-state index contributed by atoms with van der Waals surface area (Å²) in [5, 5.41) is 24.3. The van der Waals surface area contributed by atoms with Crippen LogP contribution in [-0.4, -0.2) is 69.8 Å². The number of aliphatic hydroxyl groups is 1. The lowest BCUT2D eigenvalue weighted by Crippen LogP contribution is -2.55. The number of hydrogen-bond acceptors (Lipinski definition) is 7. The van der Waals surface area contributed by atoms with Gasteiger partial charge >= 0.3 is 6.09 Å². The fourth-order valence-electron chi connectivity index (χ4n) is 3.02. The third-order valence-electron chi connectivity index (χ3n) is 4.22. The first-order valence-electron chi connectivity index (χ1n) is 10.5. The van der Waals surface area contributed by atoms with E-state index in [1.165, 1.54) is 24.3 Å². The highest BCUT2D eigenvalue weighted by atomic mass is 16.6. The van der Waals surface area contributed by atoms with E-state index in [-0.39, 0.29) is 18.3 Å². The summed E-state index contributed by atoms with van der Waals surface area (Å²) in [4.78, 5) is 51.5. The van der Waals surface area contributed by atoms with Gasteiger partial charge in [0.15, 0.2) is 0 Å². The van der Waals surface area contributed by atoms with E-state index < -0.39 is 54.5 Å². The zero-order valence-corrected chi connectivity index (χ0v) is 19.6. The molecule has 2 atom stereocenters. The minimum absolute atomic E-state index is 0.0417. The van der Waals surface area contributed by atoms with Crippen LogP contribution in [0.2, 0.25) is 0 Å². The van der Waals surface area contributed by atoms with E-state index in [0.29, 0.717) is 5.56 Å². The van der Waals surface area contributed by atoms with E-state index in [1.807, 2.05) is 0 Å². The molecular formula is C22H34N4O7. The Labute approximate surface area is 193 Å². The van der Waals surface area contributed by atoms with Gasteiger partial charge in [-0.3, -0.25) is 14.4 Å². The second-order valence-electron chi connectivity index (χ2n) is 8.78. The van der Waals surface area contributed by atoms with E-state index in [9.17, 15) is 29.4 Å². The summed E-state index contributed by atoms with van der Waals surface area (Å²) in [5.41, 5.74) is 4.77. The fourth-order valence-corrected chi connectivity index (χ4v) is 3.02. The molecule has 0 aliphatic rings. The Morgan fingerprint density at radius 1 is 1.09 bits per heavy atom. The van der Waals surface area contributed by atoms with Crippen molar-refractivity contribution < 1.29 is 34.1 Å². The third kappa shape index (κ3) is 9.36. The second kappa shape index (κ2) is 12.0. The second-order valence-corrected chi connectivity index (χ2v) is 8.78. The number of rotatable bonds is 10. The number of alkyl carbamates (subject to hydrolysis) is 1. The van der Waals surface area contributed by atoms with Crippen LogP contribution in [0.5, 0.6) is 5.75 Å². The number of nitrogens with one attached hydrogen (secondary N) is 2. The van der Waals surface area contributed by atoms with Crippen molar-refractivity contribution in [2.45, 2.75) is 64.8 Å². The van der Waals surface area contributed by atoms with Crippen LogP contribution in [0.3, 0.4) is 0 Å². The molecule has 0 bridgehead atoms. The predicted molar refractivity (Wildman–Crippen MR) is 120 cm³/mol. The average molecular weight is 467 g/mol. The minimum atomic E-state index is -1.43. The predicted octanol–water partition coefficient (Wildman–Crippen LogP) is 0.548. The van der Waals surface area contributed by atoms with Crippen LogP contribution in [0, 0.1) is 0 Å². The summed E-state index contributed by atoms with van der Waals surface area (Å²) in [7, 11) is 0. The maximum atomic E-state index is 13.4. The zero-order chi connectivity index (χ0) is 25.3. The van der Waals surface area contributed by atoms with Crippen molar-refractivity contribution in [3.63, 3.8) is 0 Å². The van der Waals surface area contributed by atoms with Crippen molar-refractivity contribution in [3.05, 3.63) is 29.8 Å². The molecule has 0 heterocycles. The molecule has 4 amide bonds. The van der Waals surface area contributed by atoms with Crippen molar-refractivity contribution in [3.8, 4) is 5.75 Å². The largest absolute Gasteiger partial charge is 0.508 e. The van der Waals surface area contributed by atoms with Gasteiger partial charge in [0.05, 0.1) is 13.0 Å². The van der Waals surface area contributed by atoms with Crippen molar-refractivity contribution in [2.24, 2.45) is 5.73 Å². The number of aromatic hydroxyl groups is 1. The van der Waals surface area contributed by atoms with Gasteiger partial charge in [-0.15, -0.1) is 0 Å². The number of phenolic OH excluding ortho intramolecular Hbond substituents is 1. The standard InChI is InChI=1S/C22H34N4O7/c1-13(2)24-19(30)18(14-6-8-15(28)9-7-14)26(10-11-27)20(31)16(12-17(23)29)25-21(32)33-22(3,4)5/h6-9,13,16,18,27-28H,10-12H2,1-5H3,(H2,23,29)(H,24,30)(H,25,32). The quantitative estimate of drug-likeness (QED) is 0.335. The van der Waals surface area contributed by atoms with Gasteiger partial charge in [-0.25, -0.2) is 4.79 Å². The molecule has 0 fully saturated rings. The smallest absolute Gasteiger partial charge is 0.408 e. The summed E-state index contributed by atoms with van der Waals surface area (Å²) in [6, 6.07) is 2.71. The van der Waals surface area contributed by atoms with Gasteiger partial charge in [-0.05, 0) is 52.3 Å². The van der Waals surface area contributed by atoms with Crippen molar-refractivity contribution in [1.29, 1.82) is 0 Å². The molecule has 1 rings (SSSR count). The lowest BCUT2D eigenvalue weighted by Gasteiger charge is -2.34. The minimum Gasteiger partial charge on any atom is -0.508 e. The number of benzene rings is 1. The highest BCUT2D eigenvalue weighted by Crippen LogP contribution is 2.25. The highest BCUT2D eigenvalue weighted by Gasteiger charge is 2.36. The Balaban J connectivity index is 3.39. The molecule has 0 radical (unpaired) electrons. The topological polar surface area (TPSA) is 171 Å². The number of phenols is 1. The van der Waals surface area contributed by atoms with Crippen LogP contribution in [0.15, 0.2) is 24.3 Å². The normalized spacial score (nSPS) is 13.1. The number of carbonyl (C=O) groups excluding carboxylic acids is 4. The Hall–Kier alpha value is -3.34. The van der Waals surface area contributed by atoms with Crippen molar-refractivity contribution >= 4 is 23.8 Å². The summed E-state index contributed by atoms with van der Waals surface area (Å²) >= 11 is 0. The Morgan fingerprint density at radius 3 is 2.12 bits per heavy atom. The number of aliphatic hydroxyl groups excluding tert-OH is 1. The van der Waals surface area contributed by atoms with Gasteiger partial charge < -0.3 is 36.2 Å². The van der Waals surface area contributed by atoms with Crippen LogP contribution < -0.4 is 16.4 Å². The van der Waals surface area contributed by atoms with E-state index in [2.05, 4.69) is 10.6 Å². The maximum Gasteiger partial charge on any atom is 0.408 e. The number of nitrogens with zero attached hydrogens (tertiary/aromatic N) is 1. The lowest BCUT2D eigenvalue weighted by molar-refractivity contribution is -0.144. The zero-order valence-electron chi connectivity index (χ0n) is 19.6. The Kier molecular flexibility index (Phi) is 10.1. The summed E-state index contributed by atoms with van der Waals surface area (Å²) in [6.07, 6.45) is -1.49. The molecule has 1 aromatic rings. The molecule has 0 aliphatic heterocycles. The van der Waals surface area contributed by atoms with Gasteiger partial charge in [0.1, 0.15) is 23.4 Å². The van der Waals surface area contributed by atoms with E-state index in [0.717, 1.165) is 4.90 Å². The Morgan fingerprint density at radius 2 is 1.67 bits per heavy atom. The third-order valence-corrected chi connectivity index (χ3v) is 4.22. The molecule has 6 N–H and O–H groups in total. The molecule has 0 spiro atoms. The average Bonchev–Trinajstić information content (AvgIpc) is 2.65. The molecular weight excluding hydrogens is 432 g/mol. The SMILES string of the molecule is CC(C)NC(=O)C(c1ccc(O)cc1)N(CCO)C(=O)C(CC(N)=O)NC(=O)OC(C)(C)C. The molecule has 184 valence electrons. The molecule has 0 aliphatic carbocycles. The number of amides is 4. The number of hydrogen-bond donors (Lipinski definition) is 5. The van der Waals surface area contributed by atoms with Crippen molar-refractivity contribution in [2.75, 3.05) is 13.2 Å². The first-order chi connectivity index (χ1) is 15.2. The molecule has 0 aromatic heterocycles. The van der Waals surface area contributed by atoms with Crippen LogP contribution in [0.25, 0.3) is 0 Å². The first-order valence-corrected chi connectivity index (χ1v) is 10.5. The molecule has 11 heteroatoms. The van der Waals surface area contributed by atoms with Crippen LogP contribution >= 0.6 is 0 Å². The summed E-state index contributed by atoms with van der Waals surface area (Å²) in [5.74, 6) is -2.26. The van der Waals surface area contributed by atoms with Crippen LogP contribution in [0.1, 0.15) is 52.6 Å². The number of primary amides is 1. The van der Waals surface area contributed by atoms with Gasteiger partial charge in [0, 0.05) is 12.6 Å². The van der Waals surface area contributed by atoms with Crippen molar-refractivity contribution in [1.82, 2.24) is 15.5 Å². The molecule has 33 heavy (non-hydrogen) atoms. The number of nitrogens with two attached hydrogens (primary N) is 1. The maximum absolute atomic E-state index is 13.4. The van der Waals surface area contributed by atoms with Crippen LogP contribution in [-0.2, 0) is 19.1 Å². The van der Waals surface area contributed by atoms with Gasteiger partial charge in [0.25, 0.3) is 0 Å². The molecule has 11 nitrogen and oxygen atoms in total. The van der Waals surface area contributed by atoms with Crippen LogP contribution in [0.4, 0.5) is 4.79 Å². The highest BCUT2D eigenvalue weighted by molar-refractivity contribution is 5.94. The first kappa shape index (κ1) is 27.7. The van der Waals surface area contributed by atoms with Gasteiger partial charge in [0.2, 0.25) is 17.7 Å².